The Bertz CT molecular complexity index is 705. The molecule has 1 aromatic heterocycles. The number of aromatic nitrogens is 2. The fourth-order valence-electron chi connectivity index (χ4n) is 2.32. The summed E-state index contributed by atoms with van der Waals surface area (Å²) in [5.74, 6) is -1.60. The molecule has 2 atom stereocenters. The molecule has 1 amide bonds. The van der Waals surface area contributed by atoms with Crippen molar-refractivity contribution in [2.45, 2.75) is 12.5 Å². The molecule has 2 aromatic rings. The van der Waals surface area contributed by atoms with Gasteiger partial charge < -0.3 is 10.4 Å². The van der Waals surface area contributed by atoms with Gasteiger partial charge in [0.2, 0.25) is 0 Å². The Balaban J connectivity index is 1.70. The summed E-state index contributed by atoms with van der Waals surface area (Å²) in [4.78, 5) is 23.0. The van der Waals surface area contributed by atoms with Crippen molar-refractivity contribution in [1.82, 2.24) is 15.5 Å². The first kappa shape index (κ1) is 12.4. The second-order valence-electron chi connectivity index (χ2n) is 4.82. The third-order valence-electron chi connectivity index (χ3n) is 3.42. The van der Waals surface area contributed by atoms with Gasteiger partial charge >= 0.3 is 5.97 Å². The molecule has 102 valence electrons. The van der Waals surface area contributed by atoms with E-state index in [1.807, 2.05) is 6.07 Å². The number of aromatic amines is 1. The van der Waals surface area contributed by atoms with Gasteiger partial charge in [-0.15, -0.1) is 0 Å². The number of fused-ring (bicyclic) bond motifs is 1. The van der Waals surface area contributed by atoms with E-state index in [1.165, 1.54) is 0 Å². The highest BCUT2D eigenvalue weighted by atomic mass is 16.4. The highest BCUT2D eigenvalue weighted by Gasteiger charge is 2.25. The molecule has 6 heteroatoms. The van der Waals surface area contributed by atoms with Crippen molar-refractivity contribution >= 4 is 22.8 Å². The smallest absolute Gasteiger partial charge is 0.310 e. The predicted molar refractivity (Wildman–Crippen MR) is 72.2 cm³/mol. The minimum Gasteiger partial charge on any atom is -0.481 e. The summed E-state index contributed by atoms with van der Waals surface area (Å²) >= 11 is 0. The van der Waals surface area contributed by atoms with Gasteiger partial charge in [-0.25, -0.2) is 0 Å². The molecule has 0 aliphatic heterocycles. The fourth-order valence-corrected chi connectivity index (χ4v) is 2.32. The molecule has 2 unspecified atom stereocenters. The van der Waals surface area contributed by atoms with Crippen LogP contribution in [-0.4, -0.2) is 33.2 Å². The average Bonchev–Trinajstić information content (AvgIpc) is 3.05. The van der Waals surface area contributed by atoms with Crippen LogP contribution in [0.15, 0.2) is 36.5 Å². The number of nitrogens with zero attached hydrogens (tertiary/aromatic N) is 1. The molecular formula is C14H13N3O3. The lowest BCUT2D eigenvalue weighted by molar-refractivity contribution is -0.140. The van der Waals surface area contributed by atoms with Crippen LogP contribution in [0.2, 0.25) is 0 Å². The van der Waals surface area contributed by atoms with E-state index in [9.17, 15) is 9.59 Å². The van der Waals surface area contributed by atoms with Crippen molar-refractivity contribution in [2.75, 3.05) is 0 Å². The molecule has 20 heavy (non-hydrogen) atoms. The summed E-state index contributed by atoms with van der Waals surface area (Å²) in [6.45, 7) is 0. The van der Waals surface area contributed by atoms with Crippen molar-refractivity contribution in [1.29, 1.82) is 0 Å². The van der Waals surface area contributed by atoms with Gasteiger partial charge in [0.1, 0.15) is 0 Å². The molecular weight excluding hydrogens is 258 g/mol. The van der Waals surface area contributed by atoms with E-state index in [2.05, 4.69) is 15.5 Å². The van der Waals surface area contributed by atoms with E-state index in [-0.39, 0.29) is 11.9 Å². The largest absolute Gasteiger partial charge is 0.481 e. The number of carbonyl (C=O) groups is 2. The van der Waals surface area contributed by atoms with E-state index in [1.54, 1.807) is 30.5 Å². The van der Waals surface area contributed by atoms with Crippen LogP contribution in [0.3, 0.4) is 0 Å². The lowest BCUT2D eigenvalue weighted by Crippen LogP contribution is -2.33. The van der Waals surface area contributed by atoms with Gasteiger partial charge in [-0.2, -0.15) is 5.10 Å². The topological polar surface area (TPSA) is 95.1 Å². The van der Waals surface area contributed by atoms with E-state index in [0.717, 1.165) is 10.9 Å². The fraction of sp³-hybridized carbons (Fsp3) is 0.214. The average molecular weight is 271 g/mol. The van der Waals surface area contributed by atoms with Crippen molar-refractivity contribution in [3.05, 3.63) is 42.1 Å². The number of carbonyl (C=O) groups excluding carboxylic acids is 1. The maximum absolute atomic E-state index is 12.1. The standard InChI is InChI=1S/C14H13N3O3/c18-13(16-11-4-3-9(5-11)14(19)20)8-1-2-10-7-15-17-12(10)6-8/h1-4,6-7,9,11H,5H2,(H,15,17)(H,16,18)(H,19,20). The summed E-state index contributed by atoms with van der Waals surface area (Å²) in [5, 5.41) is 19.4. The van der Waals surface area contributed by atoms with E-state index < -0.39 is 11.9 Å². The quantitative estimate of drug-likeness (QED) is 0.734. The van der Waals surface area contributed by atoms with Crippen LogP contribution < -0.4 is 5.32 Å². The SMILES string of the molecule is O=C(NC1C=CC(C(=O)O)C1)c1ccc2cn[nH]c2c1. The summed E-state index contributed by atoms with van der Waals surface area (Å²) in [5.41, 5.74) is 1.32. The number of hydrogen-bond donors (Lipinski definition) is 3. The first-order valence-corrected chi connectivity index (χ1v) is 6.28. The lowest BCUT2D eigenvalue weighted by Gasteiger charge is -2.12. The Morgan fingerprint density at radius 2 is 2.20 bits per heavy atom. The van der Waals surface area contributed by atoms with Crippen molar-refractivity contribution in [3.63, 3.8) is 0 Å². The molecule has 0 radical (unpaired) electrons. The molecule has 3 N–H and O–H groups in total. The maximum atomic E-state index is 12.1. The van der Waals surface area contributed by atoms with Gasteiger partial charge in [-0.1, -0.05) is 18.2 Å². The molecule has 0 saturated carbocycles. The van der Waals surface area contributed by atoms with Crippen LogP contribution in [0, 0.1) is 5.92 Å². The number of nitrogens with one attached hydrogen (secondary N) is 2. The zero-order chi connectivity index (χ0) is 14.1. The van der Waals surface area contributed by atoms with Crippen LogP contribution >= 0.6 is 0 Å². The summed E-state index contributed by atoms with van der Waals surface area (Å²) in [6.07, 6.45) is 5.43. The zero-order valence-electron chi connectivity index (χ0n) is 10.5. The second kappa shape index (κ2) is 4.80. The molecule has 1 heterocycles. The molecule has 6 nitrogen and oxygen atoms in total. The maximum Gasteiger partial charge on any atom is 0.310 e. The Hall–Kier alpha value is -2.63. The number of aliphatic carboxylic acids is 1. The molecule has 0 fully saturated rings. The van der Waals surface area contributed by atoms with Crippen molar-refractivity contribution in [2.24, 2.45) is 5.92 Å². The van der Waals surface area contributed by atoms with Gasteiger partial charge in [0.25, 0.3) is 5.91 Å². The molecule has 3 rings (SSSR count). The molecule has 1 aliphatic rings. The minimum atomic E-state index is -0.864. The normalized spacial score (nSPS) is 21.2. The molecule has 1 aliphatic carbocycles. The van der Waals surface area contributed by atoms with Gasteiger partial charge in [0, 0.05) is 17.0 Å². The van der Waals surface area contributed by atoms with Gasteiger partial charge in [-0.05, 0) is 18.6 Å². The van der Waals surface area contributed by atoms with Crippen LogP contribution in [0.5, 0.6) is 0 Å². The molecule has 1 aromatic carbocycles. The summed E-state index contributed by atoms with van der Waals surface area (Å²) < 4.78 is 0. The number of carboxylic acid groups (broad SMARTS) is 1. The van der Waals surface area contributed by atoms with E-state index >= 15 is 0 Å². The van der Waals surface area contributed by atoms with Crippen LogP contribution in [0.25, 0.3) is 10.9 Å². The number of rotatable bonds is 3. The number of hydrogen-bond acceptors (Lipinski definition) is 3. The third kappa shape index (κ3) is 2.27. The Kier molecular flexibility index (Phi) is 2.98. The van der Waals surface area contributed by atoms with E-state index in [0.29, 0.717) is 12.0 Å². The van der Waals surface area contributed by atoms with Gasteiger partial charge in [0.15, 0.2) is 0 Å². The number of H-pyrrole nitrogens is 1. The Morgan fingerprint density at radius 1 is 1.35 bits per heavy atom. The number of benzene rings is 1. The summed E-state index contributed by atoms with van der Waals surface area (Å²) in [6, 6.07) is 5.03. The van der Waals surface area contributed by atoms with Crippen molar-refractivity contribution < 1.29 is 14.7 Å². The molecule has 0 bridgehead atoms. The summed E-state index contributed by atoms with van der Waals surface area (Å²) in [7, 11) is 0. The Labute approximate surface area is 114 Å². The first-order valence-electron chi connectivity index (χ1n) is 6.28. The monoisotopic (exact) mass is 271 g/mol. The van der Waals surface area contributed by atoms with Crippen molar-refractivity contribution in [3.8, 4) is 0 Å². The number of carboxylic acids is 1. The van der Waals surface area contributed by atoms with E-state index in [4.69, 9.17) is 5.11 Å². The highest BCUT2D eigenvalue weighted by molar-refractivity contribution is 5.98. The number of amides is 1. The van der Waals surface area contributed by atoms with Gasteiger partial charge in [0.05, 0.1) is 17.6 Å². The highest BCUT2D eigenvalue weighted by Crippen LogP contribution is 2.19. The lowest BCUT2D eigenvalue weighted by atomic mass is 10.1. The third-order valence-corrected chi connectivity index (χ3v) is 3.42. The van der Waals surface area contributed by atoms with Gasteiger partial charge in [-0.3, -0.25) is 14.7 Å². The molecule has 0 saturated heterocycles. The van der Waals surface area contributed by atoms with Crippen LogP contribution in [0.1, 0.15) is 16.8 Å². The zero-order valence-corrected chi connectivity index (χ0v) is 10.5. The predicted octanol–water partition coefficient (Wildman–Crippen LogP) is 1.32. The Morgan fingerprint density at radius 3 is 2.95 bits per heavy atom. The first-order chi connectivity index (χ1) is 9.63. The molecule has 0 spiro atoms. The van der Waals surface area contributed by atoms with Crippen LogP contribution in [0.4, 0.5) is 0 Å². The minimum absolute atomic E-state index is 0.220. The van der Waals surface area contributed by atoms with Crippen LogP contribution in [-0.2, 0) is 4.79 Å². The second-order valence-corrected chi connectivity index (χ2v) is 4.82.